The number of rotatable bonds is 4. The van der Waals surface area contributed by atoms with Crippen LogP contribution < -0.4 is 5.32 Å². The minimum atomic E-state index is 0.894. The van der Waals surface area contributed by atoms with Crippen LogP contribution in [0.2, 0.25) is 0 Å². The summed E-state index contributed by atoms with van der Waals surface area (Å²) >= 11 is 0. The molecule has 0 saturated heterocycles. The van der Waals surface area contributed by atoms with E-state index in [9.17, 15) is 0 Å². The fourth-order valence-electron chi connectivity index (χ4n) is 2.36. The zero-order chi connectivity index (χ0) is 7.68. The van der Waals surface area contributed by atoms with E-state index in [1.54, 1.807) is 6.42 Å². The number of fused-ring (bicyclic) bond motifs is 1. The molecule has 0 aromatic rings. The maximum Gasteiger partial charge on any atom is 0.00725 e. The zero-order valence-corrected chi connectivity index (χ0v) is 7.47. The van der Waals surface area contributed by atoms with Crippen molar-refractivity contribution in [2.45, 2.75) is 45.1 Å². The number of nitrogens with one attached hydrogen (secondary N) is 1. The smallest absolute Gasteiger partial charge is 0.00725 e. The predicted octanol–water partition coefficient (Wildman–Crippen LogP) is 2.17. The molecule has 0 radical (unpaired) electrons. The highest BCUT2D eigenvalue weighted by molar-refractivity contribution is 4.98. The van der Waals surface area contributed by atoms with Gasteiger partial charge in [0.25, 0.3) is 0 Å². The summed E-state index contributed by atoms with van der Waals surface area (Å²) in [5.41, 5.74) is 0. The van der Waals surface area contributed by atoms with Crippen molar-refractivity contribution < 1.29 is 0 Å². The van der Waals surface area contributed by atoms with Gasteiger partial charge in [-0.15, -0.1) is 0 Å². The average molecular weight is 153 g/mol. The molecule has 0 aromatic heterocycles. The van der Waals surface area contributed by atoms with Gasteiger partial charge in [0.15, 0.2) is 0 Å². The van der Waals surface area contributed by atoms with Crippen molar-refractivity contribution >= 4 is 0 Å². The van der Waals surface area contributed by atoms with Crippen LogP contribution in [0, 0.1) is 11.8 Å². The van der Waals surface area contributed by atoms with Gasteiger partial charge in [0, 0.05) is 6.04 Å². The first-order chi connectivity index (χ1) is 5.40. The Morgan fingerprint density at radius 3 is 2.55 bits per heavy atom. The fraction of sp³-hybridized carbons (Fsp3) is 1.00. The third-order valence-corrected chi connectivity index (χ3v) is 3.21. The van der Waals surface area contributed by atoms with Gasteiger partial charge < -0.3 is 5.32 Å². The van der Waals surface area contributed by atoms with Crippen molar-refractivity contribution in [3.63, 3.8) is 0 Å². The summed E-state index contributed by atoms with van der Waals surface area (Å²) in [6.45, 7) is 3.51. The molecular formula is C10H19N. The van der Waals surface area contributed by atoms with Crippen LogP contribution in [0.3, 0.4) is 0 Å². The predicted molar refractivity (Wildman–Crippen MR) is 47.5 cm³/mol. The van der Waals surface area contributed by atoms with E-state index in [-0.39, 0.29) is 0 Å². The van der Waals surface area contributed by atoms with Gasteiger partial charge in [-0.3, -0.25) is 0 Å². The van der Waals surface area contributed by atoms with Gasteiger partial charge in [0.05, 0.1) is 0 Å². The first-order valence-electron chi connectivity index (χ1n) is 5.13. The van der Waals surface area contributed by atoms with Gasteiger partial charge in [0.2, 0.25) is 0 Å². The Morgan fingerprint density at radius 1 is 1.18 bits per heavy atom. The Balaban J connectivity index is 1.57. The van der Waals surface area contributed by atoms with Crippen molar-refractivity contribution in [1.82, 2.24) is 5.32 Å². The molecule has 2 atom stereocenters. The molecule has 1 heteroatoms. The Labute approximate surface area is 69.6 Å². The van der Waals surface area contributed by atoms with Crippen molar-refractivity contribution in [1.29, 1.82) is 0 Å². The van der Waals surface area contributed by atoms with Gasteiger partial charge in [-0.25, -0.2) is 0 Å². The van der Waals surface area contributed by atoms with E-state index in [1.165, 1.54) is 32.2 Å². The summed E-state index contributed by atoms with van der Waals surface area (Å²) in [5.74, 6) is 2.27. The molecule has 0 bridgehead atoms. The van der Waals surface area contributed by atoms with Gasteiger partial charge in [-0.1, -0.05) is 13.3 Å². The van der Waals surface area contributed by atoms with Gasteiger partial charge >= 0.3 is 0 Å². The maximum atomic E-state index is 3.64. The lowest BCUT2D eigenvalue weighted by atomic mass is 10.1. The van der Waals surface area contributed by atoms with Gasteiger partial charge in [0.1, 0.15) is 0 Å². The van der Waals surface area contributed by atoms with E-state index < -0.39 is 0 Å². The van der Waals surface area contributed by atoms with E-state index >= 15 is 0 Å². The van der Waals surface area contributed by atoms with E-state index in [1.807, 2.05) is 0 Å². The molecule has 0 aromatic carbocycles. The summed E-state index contributed by atoms with van der Waals surface area (Å²) < 4.78 is 0. The maximum absolute atomic E-state index is 3.64. The first-order valence-corrected chi connectivity index (χ1v) is 5.13. The third-order valence-electron chi connectivity index (χ3n) is 3.21. The molecule has 2 fully saturated rings. The molecule has 64 valence electrons. The second kappa shape index (κ2) is 3.14. The van der Waals surface area contributed by atoms with Crippen molar-refractivity contribution in [3.05, 3.63) is 0 Å². The van der Waals surface area contributed by atoms with E-state index in [0.717, 1.165) is 17.9 Å². The highest BCUT2D eigenvalue weighted by Crippen LogP contribution is 2.51. The fourth-order valence-corrected chi connectivity index (χ4v) is 2.36. The second-order valence-corrected chi connectivity index (χ2v) is 4.23. The van der Waals surface area contributed by atoms with Crippen LogP contribution in [0.5, 0.6) is 0 Å². The first kappa shape index (κ1) is 7.60. The Morgan fingerprint density at radius 2 is 1.91 bits per heavy atom. The molecule has 2 unspecified atom stereocenters. The van der Waals surface area contributed by atoms with Crippen LogP contribution in [0.1, 0.15) is 39.0 Å². The quantitative estimate of drug-likeness (QED) is 0.610. The lowest BCUT2D eigenvalue weighted by Crippen LogP contribution is -2.28. The van der Waals surface area contributed by atoms with Gasteiger partial charge in [-0.05, 0) is 44.1 Å². The largest absolute Gasteiger partial charge is 0.314 e. The van der Waals surface area contributed by atoms with Crippen LogP contribution in [0.15, 0.2) is 0 Å². The summed E-state index contributed by atoms with van der Waals surface area (Å²) in [7, 11) is 0. The van der Waals surface area contributed by atoms with Crippen LogP contribution in [0.4, 0.5) is 0 Å². The molecule has 2 aliphatic rings. The number of hydrogen-bond donors (Lipinski definition) is 1. The summed E-state index contributed by atoms with van der Waals surface area (Å²) in [6.07, 6.45) is 7.19. The molecule has 1 N–H and O–H groups in total. The van der Waals surface area contributed by atoms with Crippen molar-refractivity contribution in [2.75, 3.05) is 6.54 Å². The van der Waals surface area contributed by atoms with Crippen LogP contribution >= 0.6 is 0 Å². The normalized spacial score (nSPS) is 40.6. The summed E-state index contributed by atoms with van der Waals surface area (Å²) in [5, 5.41) is 3.64. The molecule has 1 nitrogen and oxygen atoms in total. The molecule has 2 aliphatic carbocycles. The van der Waals surface area contributed by atoms with E-state index in [4.69, 9.17) is 0 Å². The van der Waals surface area contributed by atoms with E-state index in [0.29, 0.717) is 0 Å². The highest BCUT2D eigenvalue weighted by atomic mass is 14.9. The third kappa shape index (κ3) is 1.76. The van der Waals surface area contributed by atoms with E-state index in [2.05, 4.69) is 12.2 Å². The molecule has 0 spiro atoms. The molecular weight excluding hydrogens is 134 g/mol. The molecule has 11 heavy (non-hydrogen) atoms. The Kier molecular flexibility index (Phi) is 2.17. The molecule has 0 aliphatic heterocycles. The van der Waals surface area contributed by atoms with Crippen molar-refractivity contribution in [3.8, 4) is 0 Å². The lowest BCUT2D eigenvalue weighted by Gasteiger charge is -2.12. The zero-order valence-electron chi connectivity index (χ0n) is 7.47. The molecule has 0 amide bonds. The average Bonchev–Trinajstić information content (AvgIpc) is 2.61. The molecule has 2 saturated carbocycles. The lowest BCUT2D eigenvalue weighted by molar-refractivity contribution is 0.474. The van der Waals surface area contributed by atoms with Gasteiger partial charge in [-0.2, -0.15) is 0 Å². The number of hydrogen-bond acceptors (Lipinski definition) is 1. The molecule has 0 heterocycles. The van der Waals surface area contributed by atoms with Crippen LogP contribution in [-0.2, 0) is 0 Å². The Hall–Kier alpha value is -0.0400. The topological polar surface area (TPSA) is 12.0 Å². The minimum absolute atomic E-state index is 0.894. The second-order valence-electron chi connectivity index (χ2n) is 4.23. The Bertz CT molecular complexity index is 123. The number of unbranched alkanes of at least 4 members (excludes halogenated alkanes) is 1. The monoisotopic (exact) mass is 153 g/mol. The molecule has 2 rings (SSSR count). The van der Waals surface area contributed by atoms with Crippen LogP contribution in [0.25, 0.3) is 0 Å². The summed E-state index contributed by atoms with van der Waals surface area (Å²) in [4.78, 5) is 0. The standard InChI is InChI=1S/C10H19N/c1-2-3-4-11-10-6-8-5-9(8)7-10/h8-11H,2-7H2,1H3. The van der Waals surface area contributed by atoms with Crippen LogP contribution in [-0.4, -0.2) is 12.6 Å². The summed E-state index contributed by atoms with van der Waals surface area (Å²) in [6, 6.07) is 0.894. The SMILES string of the molecule is CCCCNC1CC2CC2C1. The van der Waals surface area contributed by atoms with Crippen molar-refractivity contribution in [2.24, 2.45) is 11.8 Å². The minimum Gasteiger partial charge on any atom is -0.314 e. The highest BCUT2D eigenvalue weighted by Gasteiger charge is 2.45.